The van der Waals surface area contributed by atoms with Gasteiger partial charge in [0.15, 0.2) is 17.5 Å². The maximum Gasteiger partial charge on any atom is 0.240 e. The molecular weight excluding hydrogens is 495 g/mol. The van der Waals surface area contributed by atoms with Crippen LogP contribution in [-0.4, -0.2) is 78.0 Å². The summed E-state index contributed by atoms with van der Waals surface area (Å²) in [5, 5.41) is 7.27. The predicted molar refractivity (Wildman–Crippen MR) is 128 cm³/mol. The number of nitrogens with one attached hydrogen (secondary N) is 1. The van der Waals surface area contributed by atoms with Gasteiger partial charge < -0.3 is 18.9 Å². The first-order valence-corrected chi connectivity index (χ1v) is 13.3. The van der Waals surface area contributed by atoms with Crippen LogP contribution in [0.4, 0.5) is 10.3 Å². The molecule has 1 aliphatic rings. The third-order valence-corrected chi connectivity index (χ3v) is 7.48. The van der Waals surface area contributed by atoms with E-state index in [9.17, 15) is 12.8 Å². The van der Waals surface area contributed by atoms with E-state index in [0.29, 0.717) is 5.82 Å². The molecule has 1 fully saturated rings. The van der Waals surface area contributed by atoms with Crippen LogP contribution in [0.3, 0.4) is 0 Å². The molecule has 36 heavy (non-hydrogen) atoms. The van der Waals surface area contributed by atoms with Crippen molar-refractivity contribution in [3.63, 3.8) is 0 Å². The van der Waals surface area contributed by atoms with E-state index < -0.39 is 33.2 Å². The zero-order valence-corrected chi connectivity index (χ0v) is 22.2. The Morgan fingerprint density at radius 3 is 2.31 bits per heavy atom. The van der Waals surface area contributed by atoms with Gasteiger partial charge in [-0.2, -0.15) is 0 Å². The first-order valence-electron chi connectivity index (χ1n) is 11.8. The summed E-state index contributed by atoms with van der Waals surface area (Å²) in [5.41, 5.74) is 0. The van der Waals surface area contributed by atoms with Gasteiger partial charge >= 0.3 is 0 Å². The highest BCUT2D eigenvalue weighted by Gasteiger charge is 2.37. The summed E-state index contributed by atoms with van der Waals surface area (Å²) in [6.45, 7) is 7.42. The van der Waals surface area contributed by atoms with Crippen LogP contribution in [0, 0.1) is 5.82 Å². The summed E-state index contributed by atoms with van der Waals surface area (Å²) in [5.74, 6) is -0.0970. The Bertz CT molecular complexity index is 1080. The molecule has 0 bridgehead atoms. The third-order valence-electron chi connectivity index (χ3n) is 5.79. The molecule has 12 nitrogen and oxygen atoms in total. The number of hydrogen-bond donors (Lipinski definition) is 1. The van der Waals surface area contributed by atoms with Crippen LogP contribution in [0.1, 0.15) is 70.4 Å². The van der Waals surface area contributed by atoms with Crippen molar-refractivity contribution in [1.29, 1.82) is 0 Å². The molecule has 1 saturated heterocycles. The van der Waals surface area contributed by atoms with Gasteiger partial charge in [-0.05, 0) is 40.5 Å². The smallest absolute Gasteiger partial charge is 0.240 e. The molecule has 3 heterocycles. The van der Waals surface area contributed by atoms with Gasteiger partial charge in [-0.1, -0.05) is 0 Å². The van der Waals surface area contributed by atoms with Crippen molar-refractivity contribution in [2.24, 2.45) is 0 Å². The normalized spacial score (nSPS) is 20.2. The summed E-state index contributed by atoms with van der Waals surface area (Å²) in [7, 11) is -1.03. The second-order valence-corrected chi connectivity index (χ2v) is 11.1. The summed E-state index contributed by atoms with van der Waals surface area (Å²) in [6.07, 6.45) is 1.81. The topological polar surface area (TPSA) is 140 Å². The van der Waals surface area contributed by atoms with Crippen molar-refractivity contribution >= 4 is 16.0 Å². The van der Waals surface area contributed by atoms with Gasteiger partial charge in [0.05, 0.1) is 43.9 Å². The Labute approximate surface area is 211 Å². The molecule has 14 heteroatoms. The fourth-order valence-electron chi connectivity index (χ4n) is 4.05. The number of halogens is 1. The highest BCUT2D eigenvalue weighted by Crippen LogP contribution is 2.35. The first kappa shape index (κ1) is 28.3. The molecule has 0 aliphatic carbocycles. The molecule has 0 saturated carbocycles. The lowest BCUT2D eigenvalue weighted by Crippen LogP contribution is -2.35. The minimum absolute atomic E-state index is 0.00224. The monoisotopic (exact) mass is 530 g/mol. The number of sulfonamides is 1. The number of ether oxygens (including phenoxy) is 4. The maximum absolute atomic E-state index is 13.5. The van der Waals surface area contributed by atoms with Crippen molar-refractivity contribution in [2.45, 2.75) is 76.2 Å². The highest BCUT2D eigenvalue weighted by atomic mass is 32.2. The number of hydrogen-bond acceptors (Lipinski definition) is 10. The van der Waals surface area contributed by atoms with Crippen LogP contribution >= 0.6 is 0 Å². The molecule has 2 aromatic heterocycles. The Balaban J connectivity index is 1.97. The van der Waals surface area contributed by atoms with Crippen molar-refractivity contribution in [2.75, 3.05) is 32.2 Å². The summed E-state index contributed by atoms with van der Waals surface area (Å²) >= 11 is 0. The van der Waals surface area contributed by atoms with E-state index in [1.54, 1.807) is 32.6 Å². The summed E-state index contributed by atoms with van der Waals surface area (Å²) in [6, 6.07) is -0.416. The van der Waals surface area contributed by atoms with E-state index >= 15 is 0 Å². The van der Waals surface area contributed by atoms with E-state index in [-0.39, 0.29) is 43.3 Å². The zero-order valence-electron chi connectivity index (χ0n) is 21.4. The maximum atomic E-state index is 13.5. The SMILES string of the molecule is COCC(COC)n1c(NS(=O)(=O)C(C)C(OC(C)C)c2ncc(F)cn2)nnc1[C@H]1CC[C@@H](C)O1. The van der Waals surface area contributed by atoms with E-state index in [2.05, 4.69) is 24.9 Å². The van der Waals surface area contributed by atoms with Crippen molar-refractivity contribution < 1.29 is 31.8 Å². The van der Waals surface area contributed by atoms with Crippen molar-refractivity contribution in [3.05, 3.63) is 29.9 Å². The minimum atomic E-state index is -4.12. The van der Waals surface area contributed by atoms with Gasteiger partial charge in [0.25, 0.3) is 0 Å². The average molecular weight is 531 g/mol. The molecule has 2 aromatic rings. The lowest BCUT2D eigenvalue weighted by Gasteiger charge is -2.26. The molecule has 1 aliphatic heterocycles. The number of aromatic nitrogens is 5. The van der Waals surface area contributed by atoms with Gasteiger partial charge in [0, 0.05) is 14.2 Å². The number of nitrogens with zero attached hydrogens (tertiary/aromatic N) is 5. The van der Waals surface area contributed by atoms with Gasteiger partial charge in [0.2, 0.25) is 16.0 Å². The van der Waals surface area contributed by atoms with Gasteiger partial charge in [-0.3, -0.25) is 9.29 Å². The molecule has 0 aromatic carbocycles. The molecule has 0 radical (unpaired) electrons. The number of anilines is 1. The average Bonchev–Trinajstić information content (AvgIpc) is 3.43. The Hall–Kier alpha value is -2.26. The van der Waals surface area contributed by atoms with Crippen LogP contribution < -0.4 is 4.72 Å². The van der Waals surface area contributed by atoms with Crippen LogP contribution in [0.15, 0.2) is 12.4 Å². The van der Waals surface area contributed by atoms with Crippen LogP contribution in [-0.2, 0) is 29.0 Å². The fraction of sp³-hybridized carbons (Fsp3) is 0.727. The molecule has 202 valence electrons. The Morgan fingerprint density at radius 2 is 1.78 bits per heavy atom. The first-order chi connectivity index (χ1) is 17.1. The molecule has 1 N–H and O–H groups in total. The molecule has 4 atom stereocenters. The second kappa shape index (κ2) is 12.3. The zero-order chi connectivity index (χ0) is 26.5. The highest BCUT2D eigenvalue weighted by molar-refractivity contribution is 7.93. The molecule has 0 spiro atoms. The summed E-state index contributed by atoms with van der Waals surface area (Å²) in [4.78, 5) is 7.89. The molecule has 0 amide bonds. The van der Waals surface area contributed by atoms with Crippen molar-refractivity contribution in [1.82, 2.24) is 24.7 Å². The van der Waals surface area contributed by atoms with Crippen LogP contribution in [0.25, 0.3) is 0 Å². The lowest BCUT2D eigenvalue weighted by atomic mass is 10.2. The molecule has 3 rings (SSSR count). The summed E-state index contributed by atoms with van der Waals surface area (Å²) < 4.78 is 67.2. The third kappa shape index (κ3) is 6.73. The van der Waals surface area contributed by atoms with E-state index in [0.717, 1.165) is 25.2 Å². The van der Waals surface area contributed by atoms with E-state index in [1.807, 2.05) is 6.92 Å². The second-order valence-electron chi connectivity index (χ2n) is 9.05. The minimum Gasteiger partial charge on any atom is -0.382 e. The Kier molecular flexibility index (Phi) is 9.69. The fourth-order valence-corrected chi connectivity index (χ4v) is 5.14. The van der Waals surface area contributed by atoms with Crippen LogP contribution in [0.5, 0.6) is 0 Å². The van der Waals surface area contributed by atoms with Crippen LogP contribution in [0.2, 0.25) is 0 Å². The van der Waals surface area contributed by atoms with Gasteiger partial charge in [-0.15, -0.1) is 10.2 Å². The predicted octanol–water partition coefficient (Wildman–Crippen LogP) is 2.58. The largest absolute Gasteiger partial charge is 0.382 e. The quantitative estimate of drug-likeness (QED) is 0.411. The molecular formula is C22H35FN6O6S. The number of rotatable bonds is 13. The standard InChI is InChI=1S/C22H35FN6O6S/c1-13(2)34-19(20-24-9-16(23)10-25-20)15(4)36(30,31)28-22-27-26-21(18-8-7-14(3)35-18)29(22)17(11-32-5)12-33-6/h9-10,13-15,17-19H,7-8,11-12H2,1-6H3,(H,27,28)/t14-,15?,18-,19?/m1/s1. The van der Waals surface area contributed by atoms with E-state index in [4.69, 9.17) is 18.9 Å². The molecule has 2 unspecified atom stereocenters. The van der Waals surface area contributed by atoms with Gasteiger partial charge in [-0.25, -0.2) is 22.8 Å². The lowest BCUT2D eigenvalue weighted by molar-refractivity contribution is 0.00143. The Morgan fingerprint density at radius 1 is 1.14 bits per heavy atom. The van der Waals surface area contributed by atoms with Gasteiger partial charge in [0.1, 0.15) is 17.5 Å². The number of methoxy groups -OCH3 is 2. The van der Waals surface area contributed by atoms with E-state index in [1.165, 1.54) is 6.92 Å². The van der Waals surface area contributed by atoms with Crippen molar-refractivity contribution in [3.8, 4) is 0 Å².